The average Bonchev–Trinajstić information content (AvgIpc) is 2.89. The Morgan fingerprint density at radius 2 is 2.19 bits per heavy atom. The largest absolute Gasteiger partial charge is 0.366 e. The van der Waals surface area contributed by atoms with Crippen molar-refractivity contribution in [3.63, 3.8) is 0 Å². The van der Waals surface area contributed by atoms with Crippen LogP contribution in [0.5, 0.6) is 0 Å². The number of nitrogens with zero attached hydrogens (tertiary/aromatic N) is 1. The molecule has 4 nitrogen and oxygen atoms in total. The van der Waals surface area contributed by atoms with Gasteiger partial charge in [-0.3, -0.25) is 9.69 Å². The zero-order chi connectivity index (χ0) is 14.8. The molecule has 0 spiro atoms. The minimum absolute atomic E-state index is 0.286. The van der Waals surface area contributed by atoms with Crippen LogP contribution in [0.1, 0.15) is 41.6 Å². The molecule has 3 N–H and O–H groups in total. The number of primary amides is 1. The van der Waals surface area contributed by atoms with Crippen molar-refractivity contribution in [2.45, 2.75) is 44.3 Å². The summed E-state index contributed by atoms with van der Waals surface area (Å²) in [5.74, 6) is -0.804. The van der Waals surface area contributed by atoms with Gasteiger partial charge in [0.25, 0.3) is 0 Å². The maximum absolute atomic E-state index is 13.8. The number of fused-ring (bicyclic) bond motifs is 1. The summed E-state index contributed by atoms with van der Waals surface area (Å²) in [6.07, 6.45) is 4.91. The summed E-state index contributed by atoms with van der Waals surface area (Å²) in [5, 5.41) is 3.47. The van der Waals surface area contributed by atoms with Crippen LogP contribution in [-0.2, 0) is 6.54 Å². The van der Waals surface area contributed by atoms with Crippen molar-refractivity contribution < 1.29 is 9.18 Å². The Morgan fingerprint density at radius 3 is 3.00 bits per heavy atom. The zero-order valence-corrected chi connectivity index (χ0v) is 12.1. The van der Waals surface area contributed by atoms with Gasteiger partial charge in [-0.15, -0.1) is 0 Å². The summed E-state index contributed by atoms with van der Waals surface area (Å²) >= 11 is 0. The first kappa shape index (κ1) is 14.5. The van der Waals surface area contributed by atoms with E-state index >= 15 is 0 Å². The maximum Gasteiger partial charge on any atom is 0.248 e. The zero-order valence-electron chi connectivity index (χ0n) is 12.1. The van der Waals surface area contributed by atoms with Gasteiger partial charge in [-0.1, -0.05) is 6.42 Å². The van der Waals surface area contributed by atoms with E-state index in [4.69, 9.17) is 5.73 Å². The molecule has 1 aromatic carbocycles. The number of halogens is 1. The van der Waals surface area contributed by atoms with Gasteiger partial charge in [0.2, 0.25) is 5.91 Å². The molecule has 1 amide bonds. The van der Waals surface area contributed by atoms with E-state index in [1.807, 2.05) is 0 Å². The monoisotopic (exact) mass is 291 g/mol. The Labute approximate surface area is 124 Å². The highest BCUT2D eigenvalue weighted by Gasteiger charge is 2.34. The van der Waals surface area contributed by atoms with Gasteiger partial charge >= 0.3 is 0 Å². The Hall–Kier alpha value is -1.46. The van der Waals surface area contributed by atoms with Crippen LogP contribution in [0.25, 0.3) is 0 Å². The average molecular weight is 291 g/mol. The van der Waals surface area contributed by atoms with Gasteiger partial charge < -0.3 is 11.1 Å². The van der Waals surface area contributed by atoms with Crippen LogP contribution < -0.4 is 11.1 Å². The number of piperidine rings is 1. The van der Waals surface area contributed by atoms with Crippen LogP contribution in [0.4, 0.5) is 4.39 Å². The first-order chi connectivity index (χ1) is 10.1. The van der Waals surface area contributed by atoms with Gasteiger partial charge in [0.1, 0.15) is 5.82 Å². The number of nitrogens with one attached hydrogen (secondary N) is 1. The second-order valence-electron chi connectivity index (χ2n) is 6.05. The van der Waals surface area contributed by atoms with E-state index in [9.17, 15) is 9.18 Å². The quantitative estimate of drug-likeness (QED) is 0.886. The molecule has 0 bridgehead atoms. The molecule has 2 aliphatic rings. The summed E-state index contributed by atoms with van der Waals surface area (Å²) in [6, 6.07) is 5.30. The third-order valence-corrected chi connectivity index (χ3v) is 4.74. The molecule has 1 aromatic rings. The molecule has 3 rings (SSSR count). The SMILES string of the molecule is NC(=O)c1ccc(F)c(CNC2CCN3CCCCC23)c1. The van der Waals surface area contributed by atoms with Gasteiger partial charge in [-0.2, -0.15) is 0 Å². The van der Waals surface area contributed by atoms with Crippen LogP contribution in [0.15, 0.2) is 18.2 Å². The van der Waals surface area contributed by atoms with E-state index in [0.29, 0.717) is 29.8 Å². The lowest BCUT2D eigenvalue weighted by Gasteiger charge is -2.32. The molecule has 2 aliphatic heterocycles. The van der Waals surface area contributed by atoms with Crippen LogP contribution in [-0.4, -0.2) is 36.0 Å². The molecule has 2 saturated heterocycles. The Kier molecular flexibility index (Phi) is 4.22. The lowest BCUT2D eigenvalue weighted by Crippen LogP contribution is -2.44. The van der Waals surface area contributed by atoms with Crippen LogP contribution >= 0.6 is 0 Å². The predicted molar refractivity (Wildman–Crippen MR) is 79.4 cm³/mol. The van der Waals surface area contributed by atoms with Gasteiger partial charge in [0, 0.05) is 36.3 Å². The fourth-order valence-electron chi connectivity index (χ4n) is 3.59. The number of carbonyl (C=O) groups is 1. The van der Waals surface area contributed by atoms with Crippen molar-refractivity contribution in [3.05, 3.63) is 35.1 Å². The molecular weight excluding hydrogens is 269 g/mol. The summed E-state index contributed by atoms with van der Waals surface area (Å²) in [6.45, 7) is 2.77. The second-order valence-corrected chi connectivity index (χ2v) is 6.05. The molecular formula is C16H22FN3O. The minimum Gasteiger partial charge on any atom is -0.366 e. The van der Waals surface area contributed by atoms with E-state index in [1.54, 1.807) is 6.07 Å². The second kappa shape index (κ2) is 6.12. The standard InChI is InChI=1S/C16H22FN3O/c17-13-5-4-11(16(18)21)9-12(13)10-19-14-6-8-20-7-2-1-3-15(14)20/h4-5,9,14-15,19H,1-3,6-8,10H2,(H2,18,21). The molecule has 0 aromatic heterocycles. The van der Waals surface area contributed by atoms with Crippen molar-refractivity contribution in [1.29, 1.82) is 0 Å². The van der Waals surface area contributed by atoms with Crippen molar-refractivity contribution in [3.8, 4) is 0 Å². The number of rotatable bonds is 4. The lowest BCUT2D eigenvalue weighted by molar-refractivity contribution is 0.1000. The van der Waals surface area contributed by atoms with Crippen molar-refractivity contribution in [1.82, 2.24) is 10.2 Å². The first-order valence-corrected chi connectivity index (χ1v) is 7.71. The van der Waals surface area contributed by atoms with Gasteiger partial charge in [0.15, 0.2) is 0 Å². The van der Waals surface area contributed by atoms with Gasteiger partial charge in [-0.25, -0.2) is 4.39 Å². The first-order valence-electron chi connectivity index (χ1n) is 7.71. The summed E-state index contributed by atoms with van der Waals surface area (Å²) in [5.41, 5.74) is 6.12. The molecule has 0 saturated carbocycles. The fraction of sp³-hybridized carbons (Fsp3) is 0.562. The molecule has 0 radical (unpaired) electrons. The van der Waals surface area contributed by atoms with Crippen molar-refractivity contribution in [2.75, 3.05) is 13.1 Å². The number of hydrogen-bond acceptors (Lipinski definition) is 3. The molecule has 21 heavy (non-hydrogen) atoms. The third kappa shape index (κ3) is 3.09. The predicted octanol–water partition coefficient (Wildman–Crippen LogP) is 1.64. The molecule has 2 fully saturated rings. The summed E-state index contributed by atoms with van der Waals surface area (Å²) in [4.78, 5) is 13.7. The maximum atomic E-state index is 13.8. The van der Waals surface area contributed by atoms with Crippen molar-refractivity contribution >= 4 is 5.91 Å². The summed E-state index contributed by atoms with van der Waals surface area (Å²) < 4.78 is 13.8. The molecule has 5 heteroatoms. The van der Waals surface area contributed by atoms with E-state index < -0.39 is 5.91 Å². The molecule has 2 heterocycles. The van der Waals surface area contributed by atoms with Crippen LogP contribution in [0.3, 0.4) is 0 Å². The number of nitrogens with two attached hydrogens (primary N) is 1. The van der Waals surface area contributed by atoms with Gasteiger partial charge in [-0.05, 0) is 44.0 Å². The smallest absolute Gasteiger partial charge is 0.248 e. The number of hydrogen-bond donors (Lipinski definition) is 2. The normalized spacial score (nSPS) is 25.8. The number of carbonyl (C=O) groups excluding carboxylic acids is 1. The molecule has 0 aliphatic carbocycles. The van der Waals surface area contributed by atoms with Gasteiger partial charge in [0.05, 0.1) is 0 Å². The fourth-order valence-corrected chi connectivity index (χ4v) is 3.59. The number of amides is 1. The topological polar surface area (TPSA) is 58.4 Å². The highest BCUT2D eigenvalue weighted by molar-refractivity contribution is 5.92. The molecule has 2 unspecified atom stereocenters. The highest BCUT2D eigenvalue weighted by atomic mass is 19.1. The van der Waals surface area contributed by atoms with E-state index in [2.05, 4.69) is 10.2 Å². The molecule has 2 atom stereocenters. The van der Waals surface area contributed by atoms with Crippen LogP contribution in [0.2, 0.25) is 0 Å². The lowest BCUT2D eigenvalue weighted by atomic mass is 9.98. The Morgan fingerprint density at radius 1 is 1.33 bits per heavy atom. The molecule has 114 valence electrons. The van der Waals surface area contributed by atoms with E-state index in [0.717, 1.165) is 13.0 Å². The minimum atomic E-state index is -0.518. The third-order valence-electron chi connectivity index (χ3n) is 4.74. The Bertz CT molecular complexity index is 534. The van der Waals surface area contributed by atoms with Crippen molar-refractivity contribution in [2.24, 2.45) is 5.73 Å². The van der Waals surface area contributed by atoms with Crippen LogP contribution in [0, 0.1) is 5.82 Å². The Balaban J connectivity index is 1.65. The highest BCUT2D eigenvalue weighted by Crippen LogP contribution is 2.27. The summed E-state index contributed by atoms with van der Waals surface area (Å²) in [7, 11) is 0. The number of benzene rings is 1. The van der Waals surface area contributed by atoms with E-state index in [1.165, 1.54) is 37.9 Å². The van der Waals surface area contributed by atoms with E-state index in [-0.39, 0.29) is 5.82 Å².